The topological polar surface area (TPSA) is 61.9 Å². The highest BCUT2D eigenvalue weighted by molar-refractivity contribution is 5.88. The van der Waals surface area contributed by atoms with E-state index in [0.29, 0.717) is 12.1 Å². The van der Waals surface area contributed by atoms with E-state index in [1.54, 1.807) is 21.8 Å². The van der Waals surface area contributed by atoms with Gasteiger partial charge in [0.25, 0.3) is 0 Å². The van der Waals surface area contributed by atoms with Gasteiger partial charge in [-0.2, -0.15) is 10.2 Å². The molecule has 0 N–H and O–H groups in total. The normalized spacial score (nSPS) is 12.3. The Morgan fingerprint density at radius 1 is 1.44 bits per heavy atom. The molecule has 6 heteroatoms. The third kappa shape index (κ3) is 2.97. The van der Waals surface area contributed by atoms with Crippen molar-refractivity contribution in [3.05, 3.63) is 36.4 Å². The van der Waals surface area contributed by atoms with Crippen molar-refractivity contribution in [3.63, 3.8) is 0 Å². The van der Waals surface area contributed by atoms with E-state index < -0.39 is 0 Å². The van der Waals surface area contributed by atoms with Gasteiger partial charge in [0.05, 0.1) is 18.3 Å². The molecule has 2 rings (SSSR count). The fourth-order valence-corrected chi connectivity index (χ4v) is 1.60. The minimum absolute atomic E-state index is 0.234. The maximum Gasteiger partial charge on any atom is 0.341 e. The van der Waals surface area contributed by atoms with Crippen LogP contribution in [0.15, 0.2) is 30.9 Å². The van der Waals surface area contributed by atoms with Gasteiger partial charge in [-0.25, -0.2) is 4.79 Å². The Morgan fingerprint density at radius 3 is 2.89 bits per heavy atom. The minimum Gasteiger partial charge on any atom is -0.457 e. The first kappa shape index (κ1) is 12.3. The third-order valence-electron chi connectivity index (χ3n) is 2.50. The van der Waals surface area contributed by atoms with E-state index in [9.17, 15) is 4.79 Å². The number of hydrogen-bond donors (Lipinski definition) is 0. The maximum atomic E-state index is 11.8. The highest BCUT2D eigenvalue weighted by Gasteiger charge is 2.14. The van der Waals surface area contributed by atoms with Gasteiger partial charge in [0.2, 0.25) is 0 Å². The van der Waals surface area contributed by atoms with E-state index >= 15 is 0 Å². The van der Waals surface area contributed by atoms with Gasteiger partial charge < -0.3 is 4.74 Å². The van der Waals surface area contributed by atoms with Crippen LogP contribution in [0.5, 0.6) is 0 Å². The number of hydrogen-bond acceptors (Lipinski definition) is 4. The molecule has 0 radical (unpaired) electrons. The predicted octanol–water partition coefficient (Wildman–Crippen LogP) is 1.34. The van der Waals surface area contributed by atoms with Gasteiger partial charge in [-0.3, -0.25) is 9.36 Å². The molecule has 1 atom stereocenters. The molecule has 0 saturated heterocycles. The van der Waals surface area contributed by atoms with Crippen molar-refractivity contribution in [3.8, 4) is 0 Å². The Kier molecular flexibility index (Phi) is 3.76. The monoisotopic (exact) mass is 248 g/mol. The van der Waals surface area contributed by atoms with Crippen molar-refractivity contribution in [2.45, 2.75) is 33.0 Å². The Bertz CT molecular complexity index is 504. The zero-order chi connectivity index (χ0) is 13.0. The second-order valence-electron chi connectivity index (χ2n) is 4.03. The van der Waals surface area contributed by atoms with Crippen LogP contribution < -0.4 is 0 Å². The maximum absolute atomic E-state index is 11.8. The number of nitrogens with zero attached hydrogens (tertiary/aromatic N) is 4. The lowest BCUT2D eigenvalue weighted by Crippen LogP contribution is -2.20. The van der Waals surface area contributed by atoms with Gasteiger partial charge in [0.15, 0.2) is 0 Å². The van der Waals surface area contributed by atoms with Crippen LogP contribution >= 0.6 is 0 Å². The van der Waals surface area contributed by atoms with Gasteiger partial charge in [-0.05, 0) is 19.9 Å². The molecule has 0 spiro atoms. The number of rotatable bonds is 5. The summed E-state index contributed by atoms with van der Waals surface area (Å²) in [6.07, 6.45) is 6.50. The summed E-state index contributed by atoms with van der Waals surface area (Å²) in [4.78, 5) is 11.8. The molecule has 0 aliphatic carbocycles. The van der Waals surface area contributed by atoms with E-state index in [1.165, 1.54) is 6.20 Å². The fraction of sp³-hybridized carbons (Fsp3) is 0.417. The summed E-state index contributed by atoms with van der Waals surface area (Å²) in [5.74, 6) is -0.352. The zero-order valence-corrected chi connectivity index (χ0v) is 10.5. The quantitative estimate of drug-likeness (QED) is 0.749. The van der Waals surface area contributed by atoms with Crippen molar-refractivity contribution in [1.82, 2.24) is 19.6 Å². The molecule has 0 saturated carbocycles. The molecule has 0 aliphatic heterocycles. The van der Waals surface area contributed by atoms with Crippen molar-refractivity contribution in [1.29, 1.82) is 0 Å². The molecule has 2 aromatic rings. The Morgan fingerprint density at radius 2 is 2.28 bits per heavy atom. The number of aryl methyl sites for hydroxylation is 1. The van der Waals surface area contributed by atoms with E-state index in [1.807, 2.05) is 26.1 Å². The smallest absolute Gasteiger partial charge is 0.341 e. The Balaban J connectivity index is 1.90. The summed E-state index contributed by atoms with van der Waals surface area (Å²) in [7, 11) is 0. The van der Waals surface area contributed by atoms with Crippen molar-refractivity contribution < 1.29 is 9.53 Å². The summed E-state index contributed by atoms with van der Waals surface area (Å²) in [6, 6.07) is 1.83. The molecular formula is C12H16N4O2. The number of aromatic nitrogens is 4. The van der Waals surface area contributed by atoms with Gasteiger partial charge in [0.1, 0.15) is 6.10 Å². The number of carbonyl (C=O) groups excluding carboxylic acids is 1. The molecule has 18 heavy (non-hydrogen) atoms. The average molecular weight is 248 g/mol. The summed E-state index contributed by atoms with van der Waals surface area (Å²) in [5, 5.41) is 8.10. The molecular weight excluding hydrogens is 232 g/mol. The molecule has 6 nitrogen and oxygen atoms in total. The van der Waals surface area contributed by atoms with Gasteiger partial charge in [-0.1, -0.05) is 0 Å². The van der Waals surface area contributed by atoms with E-state index in [2.05, 4.69) is 10.2 Å². The molecule has 2 heterocycles. The predicted molar refractivity (Wildman–Crippen MR) is 65.0 cm³/mol. The summed E-state index contributed by atoms with van der Waals surface area (Å²) in [6.45, 7) is 5.07. The summed E-state index contributed by atoms with van der Waals surface area (Å²) < 4.78 is 8.73. The van der Waals surface area contributed by atoms with E-state index in [0.717, 1.165) is 6.54 Å². The first-order valence-corrected chi connectivity index (χ1v) is 5.90. The van der Waals surface area contributed by atoms with E-state index in [-0.39, 0.29) is 12.1 Å². The van der Waals surface area contributed by atoms with Gasteiger partial charge in [0, 0.05) is 25.1 Å². The summed E-state index contributed by atoms with van der Waals surface area (Å²) in [5.41, 5.74) is 0.476. The van der Waals surface area contributed by atoms with Crippen LogP contribution in [0, 0.1) is 0 Å². The highest BCUT2D eigenvalue weighted by Crippen LogP contribution is 2.04. The van der Waals surface area contributed by atoms with Crippen LogP contribution in [0.1, 0.15) is 24.2 Å². The first-order valence-electron chi connectivity index (χ1n) is 5.90. The standard InChI is InChI=1S/C12H16N4O2/c1-3-15-9-11(7-14-15)12(17)18-10(2)8-16-6-4-5-13-16/h4-7,9-10H,3,8H2,1-2H3/t10-/m1/s1. The Hall–Kier alpha value is -2.11. The number of esters is 1. The van der Waals surface area contributed by atoms with Gasteiger partial charge in [-0.15, -0.1) is 0 Å². The first-order chi connectivity index (χ1) is 8.69. The lowest BCUT2D eigenvalue weighted by Gasteiger charge is -2.12. The molecule has 0 bridgehead atoms. The molecule has 0 aromatic carbocycles. The number of ether oxygens (including phenoxy) is 1. The fourth-order valence-electron chi connectivity index (χ4n) is 1.60. The minimum atomic E-state index is -0.352. The second-order valence-corrected chi connectivity index (χ2v) is 4.03. The van der Waals surface area contributed by atoms with Crippen LogP contribution in [0.25, 0.3) is 0 Å². The molecule has 2 aromatic heterocycles. The second kappa shape index (κ2) is 5.48. The summed E-state index contributed by atoms with van der Waals surface area (Å²) >= 11 is 0. The van der Waals surface area contributed by atoms with Crippen molar-refractivity contribution in [2.24, 2.45) is 0 Å². The molecule has 0 amide bonds. The molecule has 0 fully saturated rings. The van der Waals surface area contributed by atoms with Crippen molar-refractivity contribution in [2.75, 3.05) is 0 Å². The van der Waals surface area contributed by atoms with Crippen LogP contribution in [0.3, 0.4) is 0 Å². The molecule has 0 aliphatic rings. The average Bonchev–Trinajstić information content (AvgIpc) is 2.98. The zero-order valence-electron chi connectivity index (χ0n) is 10.5. The van der Waals surface area contributed by atoms with Crippen LogP contribution in [-0.4, -0.2) is 31.6 Å². The highest BCUT2D eigenvalue weighted by atomic mass is 16.5. The molecule has 0 unspecified atom stereocenters. The lowest BCUT2D eigenvalue weighted by molar-refractivity contribution is 0.0298. The van der Waals surface area contributed by atoms with E-state index in [4.69, 9.17) is 4.74 Å². The van der Waals surface area contributed by atoms with Gasteiger partial charge >= 0.3 is 5.97 Å². The van der Waals surface area contributed by atoms with Crippen LogP contribution in [-0.2, 0) is 17.8 Å². The van der Waals surface area contributed by atoms with Crippen LogP contribution in [0.4, 0.5) is 0 Å². The SMILES string of the molecule is CCn1cc(C(=O)O[C@H](C)Cn2cccn2)cn1. The third-order valence-corrected chi connectivity index (χ3v) is 2.50. The van der Waals surface area contributed by atoms with Crippen LogP contribution in [0.2, 0.25) is 0 Å². The molecule has 96 valence electrons. The number of carbonyl (C=O) groups is 1. The lowest BCUT2D eigenvalue weighted by atomic mass is 10.3. The van der Waals surface area contributed by atoms with Crippen molar-refractivity contribution >= 4 is 5.97 Å². The largest absolute Gasteiger partial charge is 0.457 e. The Labute approximate surface area is 105 Å².